The molecule has 1 N–H and O–H groups in total. The third kappa shape index (κ3) is 2.69. The zero-order chi connectivity index (χ0) is 14.8. The molecule has 0 aliphatic heterocycles. The largest absolute Gasteiger partial charge is 0.361 e. The second-order valence-corrected chi connectivity index (χ2v) is 5.73. The van der Waals surface area contributed by atoms with Gasteiger partial charge in [-0.15, -0.1) is 0 Å². The van der Waals surface area contributed by atoms with Crippen molar-refractivity contribution in [3.05, 3.63) is 80.4 Å². The first-order valence-electron chi connectivity index (χ1n) is 6.59. The third-order valence-electron chi connectivity index (χ3n) is 3.61. The van der Waals surface area contributed by atoms with Gasteiger partial charge in [0.15, 0.2) is 0 Å². The maximum absolute atomic E-state index is 11.1. The Morgan fingerprint density at radius 3 is 2.57 bits per heavy atom. The van der Waals surface area contributed by atoms with Gasteiger partial charge in [-0.1, -0.05) is 52.3 Å². The fourth-order valence-corrected chi connectivity index (χ4v) is 3.21. The van der Waals surface area contributed by atoms with Gasteiger partial charge in [0.25, 0.3) is 0 Å². The summed E-state index contributed by atoms with van der Waals surface area (Å²) in [6.45, 7) is -0.134. The molecule has 1 atom stereocenters. The molecule has 1 heterocycles. The van der Waals surface area contributed by atoms with Gasteiger partial charge in [0, 0.05) is 26.5 Å². The fraction of sp³-hybridized carbons (Fsp3) is 0.125. The number of aromatic amines is 1. The van der Waals surface area contributed by atoms with Gasteiger partial charge in [-0.3, -0.25) is 10.1 Å². The van der Waals surface area contributed by atoms with E-state index in [-0.39, 0.29) is 17.4 Å². The summed E-state index contributed by atoms with van der Waals surface area (Å²) in [5, 5.41) is 12.1. The molecule has 0 aliphatic carbocycles. The average molecular weight is 345 g/mol. The first-order chi connectivity index (χ1) is 10.2. The molecular weight excluding hydrogens is 332 g/mol. The van der Waals surface area contributed by atoms with Crippen LogP contribution in [0.1, 0.15) is 17.0 Å². The summed E-state index contributed by atoms with van der Waals surface area (Å²) in [4.78, 5) is 14.0. The fourth-order valence-electron chi connectivity index (χ4n) is 2.65. The molecule has 3 rings (SSSR count). The van der Waals surface area contributed by atoms with Crippen LogP contribution in [-0.2, 0) is 0 Å². The van der Waals surface area contributed by atoms with E-state index in [0.29, 0.717) is 0 Å². The number of nitrogens with zero attached hydrogens (tertiary/aromatic N) is 1. The molecule has 5 heteroatoms. The van der Waals surface area contributed by atoms with Crippen molar-refractivity contribution >= 4 is 26.8 Å². The molecule has 3 aromatic rings. The Kier molecular flexibility index (Phi) is 3.75. The number of fused-ring (bicyclic) bond motifs is 1. The average Bonchev–Trinajstić information content (AvgIpc) is 2.89. The second-order valence-electron chi connectivity index (χ2n) is 4.88. The van der Waals surface area contributed by atoms with E-state index in [2.05, 4.69) is 20.9 Å². The second kappa shape index (κ2) is 5.69. The van der Waals surface area contributed by atoms with Gasteiger partial charge in [-0.2, -0.15) is 0 Å². The van der Waals surface area contributed by atoms with Crippen LogP contribution in [0, 0.1) is 10.1 Å². The van der Waals surface area contributed by atoms with Crippen LogP contribution in [0.4, 0.5) is 0 Å². The molecule has 0 aliphatic rings. The summed E-state index contributed by atoms with van der Waals surface area (Å²) in [7, 11) is 0. The normalized spacial score (nSPS) is 12.4. The van der Waals surface area contributed by atoms with Crippen LogP contribution in [0.15, 0.2) is 59.2 Å². The minimum atomic E-state index is -0.285. The molecule has 0 radical (unpaired) electrons. The van der Waals surface area contributed by atoms with Crippen molar-refractivity contribution in [2.45, 2.75) is 5.92 Å². The van der Waals surface area contributed by atoms with Crippen LogP contribution < -0.4 is 0 Å². The molecule has 21 heavy (non-hydrogen) atoms. The lowest BCUT2D eigenvalue weighted by Gasteiger charge is -2.14. The zero-order valence-corrected chi connectivity index (χ0v) is 12.7. The topological polar surface area (TPSA) is 58.9 Å². The first-order valence-corrected chi connectivity index (χ1v) is 7.38. The van der Waals surface area contributed by atoms with Crippen LogP contribution in [0.5, 0.6) is 0 Å². The van der Waals surface area contributed by atoms with E-state index < -0.39 is 0 Å². The molecule has 0 bridgehead atoms. The van der Waals surface area contributed by atoms with E-state index in [1.807, 2.05) is 54.7 Å². The molecule has 0 unspecified atom stereocenters. The van der Waals surface area contributed by atoms with Crippen molar-refractivity contribution < 1.29 is 4.92 Å². The highest BCUT2D eigenvalue weighted by Gasteiger charge is 2.24. The molecule has 0 saturated carbocycles. The van der Waals surface area contributed by atoms with Crippen molar-refractivity contribution in [3.8, 4) is 0 Å². The standard InChI is InChI=1S/C16H13BrN2O2/c17-15-7-3-1-5-11(15)14(10-19(20)21)13-9-18-16-8-4-2-6-12(13)16/h1-9,14,18H,10H2/t14-/m0/s1. The minimum Gasteiger partial charge on any atom is -0.361 e. The van der Waals surface area contributed by atoms with E-state index in [9.17, 15) is 10.1 Å². The molecule has 0 fully saturated rings. The van der Waals surface area contributed by atoms with Gasteiger partial charge < -0.3 is 4.98 Å². The van der Waals surface area contributed by atoms with Crippen molar-refractivity contribution in [3.63, 3.8) is 0 Å². The Morgan fingerprint density at radius 2 is 1.81 bits per heavy atom. The maximum Gasteiger partial charge on any atom is 0.214 e. The number of hydrogen-bond donors (Lipinski definition) is 1. The Hall–Kier alpha value is -2.14. The smallest absolute Gasteiger partial charge is 0.214 e. The lowest BCUT2D eigenvalue weighted by molar-refractivity contribution is -0.481. The number of hydrogen-bond acceptors (Lipinski definition) is 2. The molecule has 2 aromatic carbocycles. The molecule has 1 aromatic heterocycles. The first kappa shape index (κ1) is 13.8. The van der Waals surface area contributed by atoms with Gasteiger partial charge in [-0.25, -0.2) is 0 Å². The quantitative estimate of drug-likeness (QED) is 0.565. The molecular formula is C16H13BrN2O2. The van der Waals surface area contributed by atoms with Crippen LogP contribution in [0.3, 0.4) is 0 Å². The predicted octanol–water partition coefficient (Wildman–Crippen LogP) is 4.34. The van der Waals surface area contributed by atoms with Crippen LogP contribution in [0.2, 0.25) is 0 Å². The number of benzene rings is 2. The number of rotatable bonds is 4. The predicted molar refractivity (Wildman–Crippen MR) is 86.1 cm³/mol. The van der Waals surface area contributed by atoms with Gasteiger partial charge in [-0.05, 0) is 23.3 Å². The Bertz CT molecular complexity index is 798. The van der Waals surface area contributed by atoms with Gasteiger partial charge in [0.1, 0.15) is 0 Å². The SMILES string of the molecule is O=[N+]([O-])C[C@@H](c1ccccc1Br)c1c[nH]c2ccccc12. The van der Waals surface area contributed by atoms with Crippen LogP contribution >= 0.6 is 15.9 Å². The van der Waals surface area contributed by atoms with Gasteiger partial charge >= 0.3 is 0 Å². The maximum atomic E-state index is 11.1. The number of nitrogens with one attached hydrogen (secondary N) is 1. The Labute approximate surface area is 130 Å². The highest BCUT2D eigenvalue weighted by Crippen LogP contribution is 2.34. The third-order valence-corrected chi connectivity index (χ3v) is 4.33. The van der Waals surface area contributed by atoms with E-state index in [0.717, 1.165) is 26.5 Å². The van der Waals surface area contributed by atoms with Crippen LogP contribution in [0.25, 0.3) is 10.9 Å². The van der Waals surface area contributed by atoms with E-state index in [4.69, 9.17) is 0 Å². The Balaban J connectivity index is 2.16. The highest BCUT2D eigenvalue weighted by atomic mass is 79.9. The summed E-state index contributed by atoms with van der Waals surface area (Å²) in [6.07, 6.45) is 1.87. The number of para-hydroxylation sites is 1. The summed E-state index contributed by atoms with van der Waals surface area (Å²) >= 11 is 3.50. The summed E-state index contributed by atoms with van der Waals surface area (Å²) in [5.41, 5.74) is 2.88. The van der Waals surface area contributed by atoms with Crippen molar-refractivity contribution in [1.29, 1.82) is 0 Å². The number of aromatic nitrogens is 1. The molecule has 106 valence electrons. The number of nitro groups is 1. The number of halogens is 1. The van der Waals surface area contributed by atoms with E-state index in [1.54, 1.807) is 0 Å². The van der Waals surface area contributed by atoms with Crippen molar-refractivity contribution in [2.24, 2.45) is 0 Å². The van der Waals surface area contributed by atoms with Gasteiger partial charge in [0.2, 0.25) is 6.54 Å². The zero-order valence-electron chi connectivity index (χ0n) is 11.1. The molecule has 0 spiro atoms. The summed E-state index contributed by atoms with van der Waals surface area (Å²) in [5.74, 6) is -0.285. The van der Waals surface area contributed by atoms with E-state index >= 15 is 0 Å². The van der Waals surface area contributed by atoms with Crippen molar-refractivity contribution in [1.82, 2.24) is 4.98 Å². The van der Waals surface area contributed by atoms with Gasteiger partial charge in [0.05, 0.1) is 5.92 Å². The lowest BCUT2D eigenvalue weighted by Crippen LogP contribution is -2.14. The Morgan fingerprint density at radius 1 is 1.10 bits per heavy atom. The van der Waals surface area contributed by atoms with Crippen molar-refractivity contribution in [2.75, 3.05) is 6.54 Å². The summed E-state index contributed by atoms with van der Waals surface area (Å²) in [6, 6.07) is 15.5. The lowest BCUT2D eigenvalue weighted by atomic mass is 9.91. The monoisotopic (exact) mass is 344 g/mol. The molecule has 0 amide bonds. The molecule has 4 nitrogen and oxygen atoms in total. The number of H-pyrrole nitrogens is 1. The molecule has 0 saturated heterocycles. The van der Waals surface area contributed by atoms with Crippen LogP contribution in [-0.4, -0.2) is 16.5 Å². The highest BCUT2D eigenvalue weighted by molar-refractivity contribution is 9.10. The van der Waals surface area contributed by atoms with E-state index in [1.165, 1.54) is 0 Å². The minimum absolute atomic E-state index is 0.134. The summed E-state index contributed by atoms with van der Waals surface area (Å²) < 4.78 is 0.891.